The second-order valence-electron chi connectivity index (χ2n) is 10.3. The molecule has 0 amide bonds. The summed E-state index contributed by atoms with van der Waals surface area (Å²) in [6.07, 6.45) is -3.77. The Morgan fingerprint density at radius 2 is 2.03 bits per heavy atom. The third-order valence-electron chi connectivity index (χ3n) is 8.85. The van der Waals surface area contributed by atoms with E-state index in [-0.39, 0.29) is 25.9 Å². The second kappa shape index (κ2) is 7.49. The number of rotatable bonds is 4. The van der Waals surface area contributed by atoms with E-state index in [9.17, 15) is 29.7 Å². The Balaban J connectivity index is 1.50. The lowest BCUT2D eigenvalue weighted by Gasteiger charge is -2.64. The summed E-state index contributed by atoms with van der Waals surface area (Å²) in [5.74, 6) is -3.10. The van der Waals surface area contributed by atoms with Gasteiger partial charge in [0.15, 0.2) is 6.10 Å². The number of carbonyl (C=O) groups excluding carboxylic acids is 3. The maximum atomic E-state index is 12.9. The van der Waals surface area contributed by atoms with Gasteiger partial charge in [-0.3, -0.25) is 4.79 Å². The molecule has 4 fully saturated rings. The highest BCUT2D eigenvalue weighted by atomic mass is 79.9. The van der Waals surface area contributed by atoms with Gasteiger partial charge in [-0.05, 0) is 49.8 Å². The first-order valence-corrected chi connectivity index (χ1v) is 12.2. The lowest BCUT2D eigenvalue weighted by molar-refractivity contribution is -0.334. The van der Waals surface area contributed by atoms with E-state index in [1.807, 2.05) is 24.3 Å². The monoisotopic (exact) mass is 538 g/mol. The molecule has 0 radical (unpaired) electrons. The van der Waals surface area contributed by atoms with Crippen molar-refractivity contribution in [1.82, 2.24) is 0 Å². The van der Waals surface area contributed by atoms with Crippen LogP contribution in [-0.2, 0) is 35.0 Å². The first kappa shape index (κ1) is 23.7. The van der Waals surface area contributed by atoms with Crippen molar-refractivity contribution in [3.05, 3.63) is 34.3 Å². The Bertz CT molecular complexity index is 1080. The van der Waals surface area contributed by atoms with Crippen LogP contribution in [0.25, 0.3) is 0 Å². The van der Waals surface area contributed by atoms with Gasteiger partial charge in [-0.2, -0.15) is 0 Å². The predicted molar refractivity (Wildman–Crippen MR) is 118 cm³/mol. The third-order valence-corrected chi connectivity index (χ3v) is 9.34. The molecule has 184 valence electrons. The lowest BCUT2D eigenvalue weighted by Crippen LogP contribution is -2.82. The fraction of sp³-hybridized carbons (Fsp3) is 0.625. The summed E-state index contributed by atoms with van der Waals surface area (Å²) in [4.78, 5) is 38.2. The number of esters is 3. The predicted octanol–water partition coefficient (Wildman–Crippen LogP) is 1.03. The van der Waals surface area contributed by atoms with E-state index in [4.69, 9.17) is 14.2 Å². The van der Waals surface area contributed by atoms with Gasteiger partial charge in [0.2, 0.25) is 5.60 Å². The van der Waals surface area contributed by atoms with Gasteiger partial charge < -0.3 is 29.5 Å². The zero-order chi connectivity index (χ0) is 24.7. The second-order valence-corrected chi connectivity index (χ2v) is 11.2. The van der Waals surface area contributed by atoms with Crippen LogP contribution < -0.4 is 0 Å². The minimum atomic E-state index is -2.34. The van der Waals surface area contributed by atoms with Gasteiger partial charge >= 0.3 is 17.9 Å². The fourth-order valence-corrected chi connectivity index (χ4v) is 7.47. The van der Waals surface area contributed by atoms with E-state index >= 15 is 0 Å². The summed E-state index contributed by atoms with van der Waals surface area (Å²) in [6, 6.07) is 7.50. The summed E-state index contributed by atoms with van der Waals surface area (Å²) in [7, 11) is 0. The van der Waals surface area contributed by atoms with Crippen LogP contribution in [0.5, 0.6) is 0 Å². The number of hydrogen-bond donors (Lipinski definition) is 3. The summed E-state index contributed by atoms with van der Waals surface area (Å²) in [5, 5.41) is 34.9. The van der Waals surface area contributed by atoms with Crippen molar-refractivity contribution in [2.75, 3.05) is 6.61 Å². The van der Waals surface area contributed by atoms with E-state index in [0.717, 1.165) is 10.0 Å². The zero-order valence-corrected chi connectivity index (χ0v) is 20.4. The van der Waals surface area contributed by atoms with Gasteiger partial charge in [0.05, 0.1) is 5.41 Å². The average molecular weight is 539 g/mol. The molecule has 10 heteroatoms. The van der Waals surface area contributed by atoms with Crippen LogP contribution in [0, 0.1) is 16.7 Å². The van der Waals surface area contributed by atoms with Crippen molar-refractivity contribution in [3.63, 3.8) is 0 Å². The number of carbonyl (C=O) groups is 3. The topological polar surface area (TPSA) is 140 Å². The molecule has 2 saturated carbocycles. The fourth-order valence-electron chi connectivity index (χ4n) is 7.02. The number of aryl methyl sites for hydroxylation is 1. The number of aliphatic hydroxyl groups is 3. The van der Waals surface area contributed by atoms with Crippen LogP contribution >= 0.6 is 15.9 Å². The first-order valence-electron chi connectivity index (χ1n) is 11.4. The summed E-state index contributed by atoms with van der Waals surface area (Å²) in [6.45, 7) is 2.84. The SMILES string of the molecule is C[C@@H]1C[C@@H](OC(=O)CCc2cccc(Br)c2)[C@@]2(O)[C@@]13C[C@@H](OC(=O)[C@@H]3O)[C@@]1(O)C(=O)OC[C@@]21C. The Morgan fingerprint density at radius 1 is 1.29 bits per heavy atom. The van der Waals surface area contributed by atoms with Crippen LogP contribution in [0.1, 0.15) is 38.7 Å². The van der Waals surface area contributed by atoms with Crippen LogP contribution in [0.4, 0.5) is 0 Å². The van der Waals surface area contributed by atoms with Gasteiger partial charge in [-0.25, -0.2) is 9.59 Å². The normalized spacial score (nSPS) is 44.6. The number of aliphatic hydroxyl groups excluding tert-OH is 1. The molecule has 2 heterocycles. The number of halogens is 1. The van der Waals surface area contributed by atoms with Gasteiger partial charge in [0.25, 0.3) is 0 Å². The molecule has 9 nitrogen and oxygen atoms in total. The number of cyclic esters (lactones) is 1. The molecule has 4 aliphatic rings. The molecular weight excluding hydrogens is 512 g/mol. The van der Waals surface area contributed by atoms with E-state index in [0.29, 0.717) is 6.42 Å². The quantitative estimate of drug-likeness (QED) is 0.378. The van der Waals surface area contributed by atoms with Crippen LogP contribution in [0.3, 0.4) is 0 Å². The highest BCUT2D eigenvalue weighted by Gasteiger charge is 2.88. The molecule has 2 bridgehead atoms. The third kappa shape index (κ3) is 2.68. The molecule has 34 heavy (non-hydrogen) atoms. The van der Waals surface area contributed by atoms with E-state index in [1.54, 1.807) is 6.92 Å². The number of benzene rings is 1. The van der Waals surface area contributed by atoms with E-state index in [2.05, 4.69) is 15.9 Å². The summed E-state index contributed by atoms with van der Waals surface area (Å²) >= 11 is 3.39. The van der Waals surface area contributed by atoms with Crippen molar-refractivity contribution in [2.24, 2.45) is 16.7 Å². The van der Waals surface area contributed by atoms with Crippen molar-refractivity contribution in [1.29, 1.82) is 0 Å². The summed E-state index contributed by atoms with van der Waals surface area (Å²) in [5.41, 5.74) is -6.73. The maximum absolute atomic E-state index is 12.9. The van der Waals surface area contributed by atoms with Gasteiger partial charge in [0.1, 0.15) is 24.4 Å². The molecule has 1 aromatic carbocycles. The maximum Gasteiger partial charge on any atom is 0.342 e. The molecule has 1 aromatic rings. The van der Waals surface area contributed by atoms with Crippen molar-refractivity contribution in [3.8, 4) is 0 Å². The Hall–Kier alpha value is -2.01. The molecule has 2 aliphatic carbocycles. The summed E-state index contributed by atoms with van der Waals surface area (Å²) < 4.78 is 17.1. The van der Waals surface area contributed by atoms with Crippen LogP contribution in [-0.4, -0.2) is 69.3 Å². The smallest absolute Gasteiger partial charge is 0.342 e. The zero-order valence-electron chi connectivity index (χ0n) is 18.8. The van der Waals surface area contributed by atoms with E-state index < -0.39 is 64.2 Å². The highest BCUT2D eigenvalue weighted by molar-refractivity contribution is 9.10. The molecule has 5 rings (SSSR count). The molecule has 2 aliphatic heterocycles. The molecule has 0 aromatic heterocycles. The van der Waals surface area contributed by atoms with Gasteiger partial charge in [-0.1, -0.05) is 35.0 Å². The largest absolute Gasteiger partial charge is 0.463 e. The van der Waals surface area contributed by atoms with Crippen molar-refractivity contribution in [2.45, 2.75) is 69.0 Å². The molecule has 0 unspecified atom stereocenters. The first-order chi connectivity index (χ1) is 15.9. The molecular formula is C24H27BrO9. The van der Waals surface area contributed by atoms with Gasteiger partial charge in [0, 0.05) is 16.3 Å². The standard InChI is InChI=1S/C24H27BrO9/c1-12-8-15(33-17(26)7-6-13-4-3-5-14(25)9-13)24(31)21(2)11-32-20(29)23(21,30)16-10-22(12,24)18(27)19(28)34-16/h3-5,9,12,15-16,18,27,30-31H,6-8,10-11H2,1-2H3/t12-,15-,16-,18+,21-,22+,23-,24+/m1/s1. The Labute approximate surface area is 204 Å². The van der Waals surface area contributed by atoms with Crippen LogP contribution in [0.15, 0.2) is 28.7 Å². The van der Waals surface area contributed by atoms with Crippen LogP contribution in [0.2, 0.25) is 0 Å². The molecule has 2 saturated heterocycles. The van der Waals surface area contributed by atoms with Crippen molar-refractivity contribution >= 4 is 33.8 Å². The lowest BCUT2D eigenvalue weighted by atomic mass is 9.44. The molecule has 3 N–H and O–H groups in total. The molecule has 1 spiro atoms. The molecule has 8 atom stereocenters. The van der Waals surface area contributed by atoms with Crippen molar-refractivity contribution < 1.29 is 43.9 Å². The Kier molecular flexibility index (Phi) is 5.23. The highest BCUT2D eigenvalue weighted by Crippen LogP contribution is 2.72. The van der Waals surface area contributed by atoms with E-state index in [1.165, 1.54) is 6.92 Å². The average Bonchev–Trinajstić information content (AvgIpc) is 3.16. The Morgan fingerprint density at radius 3 is 2.74 bits per heavy atom. The minimum Gasteiger partial charge on any atom is -0.463 e. The number of hydrogen-bond acceptors (Lipinski definition) is 9. The number of ether oxygens (including phenoxy) is 3. The minimum absolute atomic E-state index is 0.0358. The number of fused-ring (bicyclic) bond motifs is 4. The van der Waals surface area contributed by atoms with Gasteiger partial charge in [-0.15, -0.1) is 0 Å².